The van der Waals surface area contributed by atoms with Crippen LogP contribution in [0.2, 0.25) is 0 Å². The average Bonchev–Trinajstić information content (AvgIpc) is 3.40. The van der Waals surface area contributed by atoms with Crippen LogP contribution in [0.5, 0.6) is 0 Å². The number of piperidine rings is 1. The van der Waals surface area contributed by atoms with E-state index in [4.69, 9.17) is 4.42 Å². The molecular formula is C29H28N4O3. The van der Waals surface area contributed by atoms with Crippen LogP contribution in [0.15, 0.2) is 77.2 Å². The Morgan fingerprint density at radius 1 is 0.861 bits per heavy atom. The van der Waals surface area contributed by atoms with Gasteiger partial charge in [0.15, 0.2) is 0 Å². The zero-order valence-electron chi connectivity index (χ0n) is 20.4. The Balaban J connectivity index is 1.18. The Hall–Kier alpha value is -4.26. The zero-order chi connectivity index (χ0) is 25.1. The summed E-state index contributed by atoms with van der Waals surface area (Å²) in [7, 11) is 0. The molecule has 1 aliphatic heterocycles. The van der Waals surface area contributed by atoms with E-state index in [1.807, 2.05) is 79.4 Å². The maximum Gasteiger partial charge on any atom is 0.253 e. The number of rotatable bonds is 5. The molecule has 0 atom stereocenters. The first kappa shape index (κ1) is 23.5. The van der Waals surface area contributed by atoms with Crippen molar-refractivity contribution < 1.29 is 14.0 Å². The van der Waals surface area contributed by atoms with Crippen molar-refractivity contribution in [3.8, 4) is 22.9 Å². The van der Waals surface area contributed by atoms with Crippen LogP contribution in [0.25, 0.3) is 22.9 Å². The lowest BCUT2D eigenvalue weighted by Crippen LogP contribution is -2.46. The molecule has 0 saturated carbocycles. The summed E-state index contributed by atoms with van der Waals surface area (Å²) >= 11 is 0. The van der Waals surface area contributed by atoms with Crippen LogP contribution < -0.4 is 5.32 Å². The van der Waals surface area contributed by atoms with Crippen LogP contribution >= 0.6 is 0 Å². The van der Waals surface area contributed by atoms with Gasteiger partial charge in [0.1, 0.15) is 0 Å². The van der Waals surface area contributed by atoms with Gasteiger partial charge in [0.05, 0.1) is 0 Å². The molecule has 1 fully saturated rings. The fourth-order valence-electron chi connectivity index (χ4n) is 4.49. The Morgan fingerprint density at radius 2 is 1.56 bits per heavy atom. The van der Waals surface area contributed by atoms with Gasteiger partial charge in [-0.25, -0.2) is 0 Å². The molecule has 0 aliphatic carbocycles. The van der Waals surface area contributed by atoms with Gasteiger partial charge in [0.2, 0.25) is 11.8 Å². The molecule has 36 heavy (non-hydrogen) atoms. The first-order valence-corrected chi connectivity index (χ1v) is 12.1. The number of nitrogens with one attached hydrogen (secondary N) is 1. The van der Waals surface area contributed by atoms with Crippen LogP contribution in [-0.4, -0.2) is 46.0 Å². The summed E-state index contributed by atoms with van der Waals surface area (Å²) in [6, 6.07) is 22.8. The Morgan fingerprint density at radius 3 is 2.25 bits per heavy atom. The van der Waals surface area contributed by atoms with E-state index in [0.29, 0.717) is 36.0 Å². The second-order valence-electron chi connectivity index (χ2n) is 9.21. The standard InChI is InChI=1S/C29H28N4O3/c1-19-6-5-8-23(18-19)28-32-31-27(36-28)21-10-12-22(13-11-21)29(35)33-16-14-24(15-17-33)30-26(34)25-9-4-3-7-20(25)2/h3-13,18,24H,14-17H2,1-2H3,(H,30,34). The highest BCUT2D eigenvalue weighted by Crippen LogP contribution is 2.25. The molecule has 1 aliphatic rings. The third kappa shape index (κ3) is 5.05. The number of benzene rings is 3. The van der Waals surface area contributed by atoms with Gasteiger partial charge < -0.3 is 14.6 Å². The normalized spacial score (nSPS) is 14.0. The molecule has 0 radical (unpaired) electrons. The van der Waals surface area contributed by atoms with Crippen molar-refractivity contribution in [2.24, 2.45) is 0 Å². The minimum Gasteiger partial charge on any atom is -0.416 e. The predicted octanol–water partition coefficient (Wildman–Crippen LogP) is 5.06. The Bertz CT molecular complexity index is 1390. The van der Waals surface area contributed by atoms with E-state index in [1.165, 1.54) is 0 Å². The largest absolute Gasteiger partial charge is 0.416 e. The lowest BCUT2D eigenvalue weighted by Gasteiger charge is -2.32. The summed E-state index contributed by atoms with van der Waals surface area (Å²) in [5.41, 5.74) is 5.02. The summed E-state index contributed by atoms with van der Waals surface area (Å²) in [5.74, 6) is 0.804. The number of likely N-dealkylation sites (tertiary alicyclic amines) is 1. The molecule has 5 rings (SSSR count). The molecule has 7 nitrogen and oxygen atoms in total. The highest BCUT2D eigenvalue weighted by Gasteiger charge is 2.25. The number of hydrogen-bond acceptors (Lipinski definition) is 5. The molecule has 0 unspecified atom stereocenters. The van der Waals surface area contributed by atoms with Crippen LogP contribution in [0.1, 0.15) is 44.7 Å². The summed E-state index contributed by atoms with van der Waals surface area (Å²) in [6.07, 6.45) is 1.45. The predicted molar refractivity (Wildman–Crippen MR) is 137 cm³/mol. The van der Waals surface area contributed by atoms with Crippen molar-refractivity contribution in [3.63, 3.8) is 0 Å². The number of amides is 2. The van der Waals surface area contributed by atoms with Gasteiger partial charge in [-0.1, -0.05) is 35.9 Å². The van der Waals surface area contributed by atoms with Crippen molar-refractivity contribution in [2.45, 2.75) is 32.7 Å². The summed E-state index contributed by atoms with van der Waals surface area (Å²) in [6.45, 7) is 5.15. The van der Waals surface area contributed by atoms with E-state index >= 15 is 0 Å². The topological polar surface area (TPSA) is 88.3 Å². The lowest BCUT2D eigenvalue weighted by molar-refractivity contribution is 0.0698. The van der Waals surface area contributed by atoms with Crippen LogP contribution in [0.4, 0.5) is 0 Å². The maximum absolute atomic E-state index is 13.1. The fraction of sp³-hybridized carbons (Fsp3) is 0.241. The van der Waals surface area contributed by atoms with Gasteiger partial charge in [0, 0.05) is 41.4 Å². The van der Waals surface area contributed by atoms with Gasteiger partial charge >= 0.3 is 0 Å². The molecule has 1 saturated heterocycles. The SMILES string of the molecule is Cc1cccc(-c2nnc(-c3ccc(C(=O)N4CCC(NC(=O)c5ccccc5C)CC4)cc3)o2)c1. The molecule has 2 heterocycles. The van der Waals surface area contributed by atoms with Crippen molar-refractivity contribution in [1.82, 2.24) is 20.4 Å². The summed E-state index contributed by atoms with van der Waals surface area (Å²) in [5, 5.41) is 11.5. The van der Waals surface area contributed by atoms with Crippen molar-refractivity contribution in [3.05, 3.63) is 95.1 Å². The van der Waals surface area contributed by atoms with Crippen LogP contribution in [0.3, 0.4) is 0 Å². The number of aromatic nitrogens is 2. The molecule has 3 aromatic carbocycles. The number of carbonyl (C=O) groups excluding carboxylic acids is 2. The molecule has 2 amide bonds. The molecule has 1 N–H and O–H groups in total. The minimum atomic E-state index is -0.0555. The molecule has 0 spiro atoms. The van der Waals surface area contributed by atoms with E-state index in [0.717, 1.165) is 35.1 Å². The van der Waals surface area contributed by atoms with Crippen LogP contribution in [0, 0.1) is 13.8 Å². The van der Waals surface area contributed by atoms with Crippen molar-refractivity contribution in [2.75, 3.05) is 13.1 Å². The molecule has 182 valence electrons. The van der Waals surface area contributed by atoms with Gasteiger partial charge in [-0.05, 0) is 74.7 Å². The maximum atomic E-state index is 13.1. The highest BCUT2D eigenvalue weighted by atomic mass is 16.4. The van der Waals surface area contributed by atoms with Gasteiger partial charge in [0.25, 0.3) is 11.8 Å². The van der Waals surface area contributed by atoms with Crippen molar-refractivity contribution in [1.29, 1.82) is 0 Å². The van der Waals surface area contributed by atoms with Gasteiger partial charge in [-0.15, -0.1) is 10.2 Å². The third-order valence-electron chi connectivity index (χ3n) is 6.58. The van der Waals surface area contributed by atoms with E-state index in [1.54, 1.807) is 12.1 Å². The first-order chi connectivity index (χ1) is 17.5. The first-order valence-electron chi connectivity index (χ1n) is 12.1. The molecule has 1 aromatic heterocycles. The van der Waals surface area contributed by atoms with Crippen LogP contribution in [-0.2, 0) is 0 Å². The Labute approximate surface area is 210 Å². The fourth-order valence-corrected chi connectivity index (χ4v) is 4.49. The van der Waals surface area contributed by atoms with Gasteiger partial charge in [-0.2, -0.15) is 0 Å². The quantitative estimate of drug-likeness (QED) is 0.432. The Kier molecular flexibility index (Phi) is 6.62. The monoisotopic (exact) mass is 480 g/mol. The summed E-state index contributed by atoms with van der Waals surface area (Å²) in [4.78, 5) is 27.5. The number of carbonyl (C=O) groups is 2. The third-order valence-corrected chi connectivity index (χ3v) is 6.58. The lowest BCUT2D eigenvalue weighted by atomic mass is 10.0. The number of hydrogen-bond donors (Lipinski definition) is 1. The second kappa shape index (κ2) is 10.2. The molecule has 4 aromatic rings. The molecule has 0 bridgehead atoms. The van der Waals surface area contributed by atoms with E-state index in [-0.39, 0.29) is 17.9 Å². The second-order valence-corrected chi connectivity index (χ2v) is 9.21. The van der Waals surface area contributed by atoms with E-state index < -0.39 is 0 Å². The average molecular weight is 481 g/mol. The summed E-state index contributed by atoms with van der Waals surface area (Å²) < 4.78 is 5.86. The van der Waals surface area contributed by atoms with Gasteiger partial charge in [-0.3, -0.25) is 9.59 Å². The zero-order valence-corrected chi connectivity index (χ0v) is 20.4. The van der Waals surface area contributed by atoms with Crippen molar-refractivity contribution >= 4 is 11.8 Å². The van der Waals surface area contributed by atoms with E-state index in [2.05, 4.69) is 15.5 Å². The van der Waals surface area contributed by atoms with E-state index in [9.17, 15) is 9.59 Å². The minimum absolute atomic E-state index is 0.0174. The number of aryl methyl sites for hydroxylation is 2. The number of nitrogens with zero attached hydrogens (tertiary/aromatic N) is 3. The molecule has 7 heteroatoms. The highest BCUT2D eigenvalue weighted by molar-refractivity contribution is 5.96. The smallest absolute Gasteiger partial charge is 0.253 e. The molecular weight excluding hydrogens is 452 g/mol.